The Morgan fingerprint density at radius 1 is 1.34 bits per heavy atom. The molecule has 10 heteroatoms. The Labute approximate surface area is 176 Å². The summed E-state index contributed by atoms with van der Waals surface area (Å²) < 4.78 is 19.1. The monoisotopic (exact) mass is 436 g/mol. The number of nitrogens with zero attached hydrogens (tertiary/aromatic N) is 3. The maximum absolute atomic E-state index is 13.8. The average molecular weight is 437 g/mol. The van der Waals surface area contributed by atoms with Crippen LogP contribution in [0, 0.1) is 5.82 Å². The summed E-state index contributed by atoms with van der Waals surface area (Å²) in [5.41, 5.74) is 3.61. The van der Waals surface area contributed by atoms with Crippen molar-refractivity contribution in [1.29, 1.82) is 0 Å². The average Bonchev–Trinajstić information content (AvgIpc) is 3.30. The van der Waals surface area contributed by atoms with Crippen molar-refractivity contribution < 1.29 is 18.7 Å². The highest BCUT2D eigenvalue weighted by atomic mass is 35.5. The molecule has 3 aliphatic rings. The lowest BCUT2D eigenvalue weighted by atomic mass is 10.2. The minimum Gasteiger partial charge on any atom is -0.409 e. The Balaban J connectivity index is 1.53. The number of nitrogens with one attached hydrogen (secondary N) is 1. The molecule has 1 aromatic rings. The largest absolute Gasteiger partial charge is 0.420 e. The Morgan fingerprint density at radius 2 is 2.21 bits per heavy atom. The van der Waals surface area contributed by atoms with Crippen molar-refractivity contribution in [2.24, 2.45) is 4.99 Å². The number of rotatable bonds is 2. The van der Waals surface area contributed by atoms with Gasteiger partial charge in [-0.3, -0.25) is 14.7 Å². The third kappa shape index (κ3) is 4.47. The number of hydrogen-bond acceptors (Lipinski definition) is 6. The Morgan fingerprint density at radius 3 is 2.93 bits per heavy atom. The number of benzene rings is 1. The molecule has 0 radical (unpaired) electrons. The van der Waals surface area contributed by atoms with E-state index >= 15 is 0 Å². The highest BCUT2D eigenvalue weighted by Crippen LogP contribution is 2.33. The number of carbonyl (C=O) groups excluding carboxylic acids is 2. The van der Waals surface area contributed by atoms with Crippen molar-refractivity contribution in [3.05, 3.63) is 45.7 Å². The number of aliphatic imine (C=N–C) groups is 1. The molecule has 3 aliphatic heterocycles. The lowest BCUT2D eigenvalue weighted by Crippen LogP contribution is -2.45. The summed E-state index contributed by atoms with van der Waals surface area (Å²) in [7, 11) is 0. The van der Waals surface area contributed by atoms with E-state index in [-0.39, 0.29) is 16.8 Å². The van der Waals surface area contributed by atoms with Gasteiger partial charge in [0.25, 0.3) is 5.91 Å². The second kappa shape index (κ2) is 8.56. The van der Waals surface area contributed by atoms with Gasteiger partial charge in [0.05, 0.1) is 4.91 Å². The zero-order valence-electron chi connectivity index (χ0n) is 15.4. The first kappa shape index (κ1) is 19.9. The van der Waals surface area contributed by atoms with Gasteiger partial charge in [-0.25, -0.2) is 14.6 Å². The Hall–Kier alpha value is -2.36. The predicted octanol–water partition coefficient (Wildman–Crippen LogP) is 3.68. The van der Waals surface area contributed by atoms with E-state index in [4.69, 9.17) is 16.3 Å². The highest BCUT2D eigenvalue weighted by molar-refractivity contribution is 8.18. The third-order valence-electron chi connectivity index (χ3n) is 4.55. The van der Waals surface area contributed by atoms with Gasteiger partial charge in [-0.15, -0.1) is 0 Å². The summed E-state index contributed by atoms with van der Waals surface area (Å²) in [6, 6.07) is 3.80. The van der Waals surface area contributed by atoms with E-state index < -0.39 is 11.9 Å². The minimum atomic E-state index is -0.700. The number of halogens is 2. The maximum Gasteiger partial charge on any atom is 0.420 e. The molecule has 1 saturated heterocycles. The molecule has 7 nitrogen and oxygen atoms in total. The highest BCUT2D eigenvalue weighted by Gasteiger charge is 2.28. The molecule has 0 saturated carbocycles. The number of hydrogen-bond donors (Lipinski definition) is 1. The van der Waals surface area contributed by atoms with E-state index in [1.54, 1.807) is 12.2 Å². The molecule has 0 spiro atoms. The van der Waals surface area contributed by atoms with Crippen LogP contribution in [0.15, 0.2) is 39.3 Å². The van der Waals surface area contributed by atoms with Gasteiger partial charge in [0.2, 0.25) is 0 Å². The predicted molar refractivity (Wildman–Crippen MR) is 110 cm³/mol. The van der Waals surface area contributed by atoms with E-state index in [2.05, 4.69) is 10.4 Å². The molecule has 0 bridgehead atoms. The molecule has 3 heterocycles. The van der Waals surface area contributed by atoms with Crippen molar-refractivity contribution in [1.82, 2.24) is 15.3 Å². The van der Waals surface area contributed by atoms with Crippen molar-refractivity contribution in [3.8, 4) is 5.75 Å². The Kier molecular flexibility index (Phi) is 5.89. The van der Waals surface area contributed by atoms with Crippen molar-refractivity contribution in [2.75, 3.05) is 19.6 Å². The summed E-state index contributed by atoms with van der Waals surface area (Å²) in [5, 5.41) is 2.72. The quantitative estimate of drug-likeness (QED) is 0.563. The standard InChI is InChI=1S/C19H18ClFN4O3S/c20-16-4-3-8-24(16)19(27)28-14-11-13(21)6-5-12(14)10-15-17(26)23-18(29-15)25-9-2-1-7-22-25/h4-6,10-11,22H,1-3,7-9H2/b15-10-. The van der Waals surface area contributed by atoms with E-state index in [9.17, 15) is 14.0 Å². The lowest BCUT2D eigenvalue weighted by Gasteiger charge is -2.28. The van der Waals surface area contributed by atoms with Crippen LogP contribution in [0.1, 0.15) is 24.8 Å². The second-order valence-corrected chi connectivity index (χ2v) is 7.99. The van der Waals surface area contributed by atoms with Crippen LogP contribution in [-0.4, -0.2) is 46.7 Å². The van der Waals surface area contributed by atoms with Crippen molar-refractivity contribution in [2.45, 2.75) is 19.3 Å². The van der Waals surface area contributed by atoms with Crippen LogP contribution in [0.3, 0.4) is 0 Å². The summed E-state index contributed by atoms with van der Waals surface area (Å²) >= 11 is 7.21. The van der Waals surface area contributed by atoms with Crippen LogP contribution in [-0.2, 0) is 4.79 Å². The second-order valence-electron chi connectivity index (χ2n) is 6.59. The van der Waals surface area contributed by atoms with Gasteiger partial charge in [0.1, 0.15) is 16.7 Å². The van der Waals surface area contributed by atoms with Crippen LogP contribution >= 0.6 is 23.4 Å². The van der Waals surface area contributed by atoms with E-state index in [1.165, 1.54) is 28.8 Å². The number of amides is 2. The number of amidine groups is 1. The topological polar surface area (TPSA) is 74.2 Å². The third-order valence-corrected chi connectivity index (χ3v) is 5.92. The molecule has 1 aromatic carbocycles. The minimum absolute atomic E-state index is 0.0109. The summed E-state index contributed by atoms with van der Waals surface area (Å²) in [5.74, 6) is -0.931. The molecule has 29 heavy (non-hydrogen) atoms. The molecule has 1 N–H and O–H groups in total. The SMILES string of the molecule is O=C1N=C(N2CCCCN2)S/C1=C\c1ccc(F)cc1OC(=O)N1CCC=C1Cl. The van der Waals surface area contributed by atoms with Crippen LogP contribution < -0.4 is 10.2 Å². The molecular weight excluding hydrogens is 419 g/mol. The zero-order chi connectivity index (χ0) is 20.4. The van der Waals surface area contributed by atoms with Crippen LogP contribution in [0.2, 0.25) is 0 Å². The molecule has 152 valence electrons. The fourth-order valence-corrected chi connectivity index (χ4v) is 4.25. The number of ether oxygens (including phenoxy) is 1. The van der Waals surface area contributed by atoms with Gasteiger partial charge in [-0.1, -0.05) is 11.6 Å². The molecule has 0 atom stereocenters. The van der Waals surface area contributed by atoms with Gasteiger partial charge in [0, 0.05) is 31.3 Å². The van der Waals surface area contributed by atoms with Gasteiger partial charge < -0.3 is 4.74 Å². The molecule has 1 fully saturated rings. The van der Waals surface area contributed by atoms with Gasteiger partial charge in [-0.05, 0) is 55.3 Å². The molecule has 4 rings (SSSR count). The Bertz CT molecular complexity index is 943. The van der Waals surface area contributed by atoms with Crippen LogP contribution in [0.5, 0.6) is 5.75 Å². The van der Waals surface area contributed by atoms with Gasteiger partial charge >= 0.3 is 6.09 Å². The molecular formula is C19H18ClFN4O3S. The fraction of sp³-hybridized carbons (Fsp3) is 0.316. The molecule has 0 aromatic heterocycles. The first-order chi connectivity index (χ1) is 14.0. The summed E-state index contributed by atoms with van der Waals surface area (Å²) in [6.07, 6.45) is 5.28. The number of carbonyl (C=O) groups is 2. The zero-order valence-corrected chi connectivity index (χ0v) is 16.9. The van der Waals surface area contributed by atoms with Crippen LogP contribution in [0.25, 0.3) is 6.08 Å². The summed E-state index contributed by atoms with van der Waals surface area (Å²) in [6.45, 7) is 2.01. The lowest BCUT2D eigenvalue weighted by molar-refractivity contribution is -0.113. The fourth-order valence-electron chi connectivity index (χ4n) is 3.08. The first-order valence-electron chi connectivity index (χ1n) is 9.19. The van der Waals surface area contributed by atoms with Crippen molar-refractivity contribution >= 4 is 46.6 Å². The number of thioether (sulfide) groups is 1. The molecule has 0 unspecified atom stereocenters. The van der Waals surface area contributed by atoms with Gasteiger partial charge in [-0.2, -0.15) is 4.99 Å². The summed E-state index contributed by atoms with van der Waals surface area (Å²) in [4.78, 5) is 30.4. The normalized spacial score (nSPS) is 20.9. The molecule has 0 aliphatic carbocycles. The maximum atomic E-state index is 13.8. The van der Waals surface area contributed by atoms with E-state index in [0.717, 1.165) is 32.0 Å². The number of hydrazine groups is 1. The smallest absolute Gasteiger partial charge is 0.409 e. The first-order valence-corrected chi connectivity index (χ1v) is 10.4. The van der Waals surface area contributed by atoms with Crippen LogP contribution in [0.4, 0.5) is 9.18 Å². The molecule has 2 amide bonds. The van der Waals surface area contributed by atoms with E-state index in [0.29, 0.717) is 28.6 Å². The van der Waals surface area contributed by atoms with Crippen molar-refractivity contribution in [3.63, 3.8) is 0 Å². The van der Waals surface area contributed by atoms with Gasteiger partial charge in [0.15, 0.2) is 5.17 Å². The van der Waals surface area contributed by atoms with E-state index in [1.807, 2.05) is 5.01 Å².